The average molecular weight is 1320 g/mol. The van der Waals surface area contributed by atoms with Crippen LogP contribution >= 0.6 is 0 Å². The maximum absolute atomic E-state index is 13.8. The maximum atomic E-state index is 13.8. The summed E-state index contributed by atoms with van der Waals surface area (Å²) < 4.78 is 51.8. The van der Waals surface area contributed by atoms with Crippen molar-refractivity contribution in [1.82, 2.24) is 0 Å². The van der Waals surface area contributed by atoms with Crippen LogP contribution in [0.3, 0.4) is 0 Å². The third-order valence-electron chi connectivity index (χ3n) is 20.4. The SMILES string of the molecule is CC.CC.CC.CC.CCO.CC[C@H]1O[C@@H](O[C@H]2[C@H](O[C@H]3CC[C@]4(C)[C@H]5CC=C6C(CC[C@@]7(C(=O)O)CCC(C)(C)C[C@@H]67)[C@]5(C)CC[C@H]4[C@]3(C)C=O)O[C@H](C=O)[C@@H](O)[C@@H]2O[C@@H]2OC[C@@H](C)C(C)C2(O)O)[C@H](O)C(O)[C@H]1O.CF.CO.CO.CO.OC1CCOCC1. The molecule has 4 saturated carbocycles. The molecule has 8 fully saturated rings. The summed E-state index contributed by atoms with van der Waals surface area (Å²) in [6, 6.07) is 0. The molecule has 9 aliphatic rings. The van der Waals surface area contributed by atoms with Gasteiger partial charge in [0.15, 0.2) is 18.9 Å². The highest BCUT2D eigenvalue weighted by atomic mass is 19.1. The third kappa shape index (κ3) is 20.7. The van der Waals surface area contributed by atoms with E-state index in [-0.39, 0.29) is 71.6 Å². The van der Waals surface area contributed by atoms with Crippen LogP contribution in [0.5, 0.6) is 0 Å². The summed E-state index contributed by atoms with van der Waals surface area (Å²) in [5.74, 6) is -4.00. The molecule has 0 amide bonds. The van der Waals surface area contributed by atoms with Crippen LogP contribution in [-0.4, -0.2) is 220 Å². The van der Waals surface area contributed by atoms with Crippen molar-refractivity contribution in [2.75, 3.05) is 54.9 Å². The van der Waals surface area contributed by atoms with Gasteiger partial charge in [-0.1, -0.05) is 122 Å². The van der Waals surface area contributed by atoms with Crippen molar-refractivity contribution in [2.45, 2.75) is 287 Å². The van der Waals surface area contributed by atoms with Crippen LogP contribution in [0, 0.1) is 62.6 Å². The lowest BCUT2D eigenvalue weighted by Crippen LogP contribution is -2.68. The Morgan fingerprint density at radius 3 is 1.70 bits per heavy atom. The highest BCUT2D eigenvalue weighted by Crippen LogP contribution is 2.72. The summed E-state index contributed by atoms with van der Waals surface area (Å²) >= 11 is 0. The Kier molecular flexibility index (Phi) is 43.0. The van der Waals surface area contributed by atoms with Gasteiger partial charge in [0.05, 0.1) is 42.9 Å². The zero-order valence-electron chi connectivity index (χ0n) is 59.5. The van der Waals surface area contributed by atoms with Gasteiger partial charge in [-0.15, -0.1) is 0 Å². The number of allylic oxidation sites excluding steroid dienone is 2. The molecule has 0 radical (unpaired) electrons. The number of ether oxygens (including phenoxy) is 7. The quantitative estimate of drug-likeness (QED) is 0.0441. The summed E-state index contributed by atoms with van der Waals surface area (Å²) in [6.07, 6.45) is -5.53. The van der Waals surface area contributed by atoms with Crippen molar-refractivity contribution in [3.05, 3.63) is 11.6 Å². The number of fused-ring (bicyclic) bond motifs is 7. The molecule has 12 N–H and O–H groups in total. The molecule has 3 unspecified atom stereocenters. The number of aliphatic carboxylic acids is 1. The van der Waals surface area contributed by atoms with Crippen molar-refractivity contribution in [2.24, 2.45) is 62.6 Å². The van der Waals surface area contributed by atoms with Gasteiger partial charge in [-0.2, -0.15) is 0 Å². The molecule has 0 aromatic heterocycles. The van der Waals surface area contributed by atoms with E-state index in [4.69, 9.17) is 58.7 Å². The van der Waals surface area contributed by atoms with Crippen LogP contribution in [0.4, 0.5) is 4.39 Å². The van der Waals surface area contributed by atoms with Crippen LogP contribution in [0.1, 0.15) is 201 Å². The summed E-state index contributed by atoms with van der Waals surface area (Å²) in [4.78, 5) is 39.5. The second-order valence-electron chi connectivity index (χ2n) is 25.3. The third-order valence-corrected chi connectivity index (χ3v) is 20.4. The number of halogens is 1. The largest absolute Gasteiger partial charge is 0.481 e. The Labute approximate surface area is 545 Å². The molecule has 4 aliphatic heterocycles. The van der Waals surface area contributed by atoms with Gasteiger partial charge in [0.1, 0.15) is 49.0 Å². The van der Waals surface area contributed by atoms with E-state index in [0.29, 0.717) is 45.6 Å². The van der Waals surface area contributed by atoms with Crippen LogP contribution in [0.15, 0.2) is 11.6 Å². The Balaban J connectivity index is 0. The molecular weight excluding hydrogens is 1190 g/mol. The van der Waals surface area contributed by atoms with Crippen molar-refractivity contribution >= 4 is 18.5 Å². The molecule has 22 atom stereocenters. The normalized spacial score (nSPS) is 40.3. The molecule has 22 nitrogen and oxygen atoms in total. The maximum Gasteiger partial charge on any atom is 0.310 e. The van der Waals surface area contributed by atoms with Gasteiger partial charge in [-0.05, 0) is 136 Å². The Bertz CT molecular complexity index is 2000. The van der Waals surface area contributed by atoms with Gasteiger partial charge < -0.3 is 104 Å². The summed E-state index contributed by atoms with van der Waals surface area (Å²) in [5.41, 5.74) is -0.909. The van der Waals surface area contributed by atoms with Gasteiger partial charge in [0, 0.05) is 47.1 Å². The fourth-order valence-corrected chi connectivity index (χ4v) is 15.5. The van der Waals surface area contributed by atoms with Gasteiger partial charge in [-0.3, -0.25) is 9.18 Å². The fraction of sp³-hybridized carbons (Fsp3) is 0.926. The number of carbonyl (C=O) groups excluding carboxylic acids is 2. The predicted molar refractivity (Wildman–Crippen MR) is 346 cm³/mol. The first-order chi connectivity index (χ1) is 43.2. The molecule has 0 aromatic carbocycles. The van der Waals surface area contributed by atoms with Crippen LogP contribution < -0.4 is 0 Å². The minimum atomic E-state index is -2.56. The molecule has 91 heavy (non-hydrogen) atoms. The molecule has 4 heterocycles. The van der Waals surface area contributed by atoms with Gasteiger partial charge in [0.25, 0.3) is 0 Å². The van der Waals surface area contributed by atoms with E-state index in [9.17, 15) is 54.5 Å². The summed E-state index contributed by atoms with van der Waals surface area (Å²) in [7, 11) is 3.50. The Hall–Kier alpha value is -2.24. The Morgan fingerprint density at radius 2 is 1.21 bits per heavy atom. The van der Waals surface area contributed by atoms with E-state index in [2.05, 4.69) is 33.8 Å². The molecule has 0 spiro atoms. The second-order valence-corrected chi connectivity index (χ2v) is 25.3. The summed E-state index contributed by atoms with van der Waals surface area (Å²) in [5, 5.41) is 115. The number of carboxylic acids is 1. The minimum absolute atomic E-state index is 0.00789. The lowest BCUT2D eigenvalue weighted by molar-refractivity contribution is -0.415. The number of rotatable bonds is 10. The number of hydrogen-bond donors (Lipinski definition) is 12. The molecular formula is C68H131FO22. The zero-order valence-corrected chi connectivity index (χ0v) is 59.5. The van der Waals surface area contributed by atoms with Crippen molar-refractivity contribution in [3.8, 4) is 0 Å². The molecule has 0 aromatic rings. The number of aliphatic hydroxyl groups is 11. The average Bonchev–Trinajstić information content (AvgIpc) is 0.694. The topological polar surface area (TPSA) is 359 Å². The zero-order chi connectivity index (χ0) is 71.2. The first-order valence-electron chi connectivity index (χ1n) is 33.7. The minimum Gasteiger partial charge on any atom is -0.481 e. The first kappa shape index (κ1) is 90.8. The molecule has 9 rings (SSSR count). The van der Waals surface area contributed by atoms with E-state index < -0.39 is 102 Å². The van der Waals surface area contributed by atoms with Crippen molar-refractivity contribution in [1.29, 1.82) is 0 Å². The highest BCUT2D eigenvalue weighted by molar-refractivity contribution is 5.76. The van der Waals surface area contributed by atoms with Gasteiger partial charge >= 0.3 is 5.97 Å². The monoisotopic (exact) mass is 1320 g/mol. The highest BCUT2D eigenvalue weighted by Gasteiger charge is 2.68. The second kappa shape index (κ2) is 43.1. The smallest absolute Gasteiger partial charge is 0.310 e. The van der Waals surface area contributed by atoms with Crippen LogP contribution in [-0.2, 0) is 47.5 Å². The number of carbonyl (C=O) groups is 3. The molecule has 23 heteroatoms. The van der Waals surface area contributed by atoms with E-state index in [1.807, 2.05) is 62.3 Å². The lowest BCUT2D eigenvalue weighted by Gasteiger charge is -2.68. The molecule has 5 aliphatic carbocycles. The van der Waals surface area contributed by atoms with Crippen molar-refractivity contribution < 1.29 is 113 Å². The molecule has 542 valence electrons. The summed E-state index contributed by atoms with van der Waals surface area (Å²) in [6.45, 7) is 35.7. The molecule has 0 bridgehead atoms. The number of carboxylic acid groups (broad SMARTS) is 1. The Morgan fingerprint density at radius 1 is 0.659 bits per heavy atom. The van der Waals surface area contributed by atoms with E-state index in [0.717, 1.165) is 85.8 Å². The standard InChI is InChI=1S/C49H76O16.C5H10O2.C2H6O.4C2H6.CH3F.3CH4O/c1-9-29-34(52)36(54)37(55)40(61-29)64-39-38(65-43-49(58,59)25(3)24(2)22-60-43)35(53)30(21-50)62-41(39)63-33-14-16-46(7)31-11-10-26-27(45(31,6)15-13-32(46)47(33,8)23-51)12-17-48(42(56)57)19-18-44(4,5)20-28(26)48;6-5-1-3-7-4-2-5;1-2-3;8*1-2/h10,21,23-25,27-41,43,52-55,58-59H,9,11-20,22H2,1-8H3,(H,56,57);5-6H,1-4H2;3H,2H2,1H3;4*1-2H3;1H3;3*2H,1H3/t24-,25?,27?,28+,29-,30-,31+,32-,33+,34+,35-,36?,37-,38+,39-,40+,41+,43+,45+,46-,47+,48-;;;;;;;;;;/m1........../s1. The van der Waals surface area contributed by atoms with Gasteiger partial charge in [-0.25, -0.2) is 0 Å². The number of aliphatic hydroxyl groups excluding tert-OH is 9. The van der Waals surface area contributed by atoms with Gasteiger partial charge in [0.2, 0.25) is 12.1 Å². The van der Waals surface area contributed by atoms with Crippen molar-refractivity contribution in [3.63, 3.8) is 0 Å². The predicted octanol–water partition coefficient (Wildman–Crippen LogP) is 7.30. The number of hydrogen-bond acceptors (Lipinski definition) is 21. The number of aldehydes is 2. The lowest BCUT2D eigenvalue weighted by atomic mass is 9.37. The van der Waals surface area contributed by atoms with Crippen LogP contribution in [0.25, 0.3) is 0 Å². The number of alkyl halides is 1. The van der Waals surface area contributed by atoms with E-state index in [1.165, 1.54) is 5.57 Å². The van der Waals surface area contributed by atoms with E-state index >= 15 is 0 Å². The molecule has 4 saturated heterocycles. The van der Waals surface area contributed by atoms with E-state index in [1.54, 1.807) is 27.7 Å². The van der Waals surface area contributed by atoms with Crippen LogP contribution in [0.2, 0.25) is 0 Å². The fourth-order valence-electron chi connectivity index (χ4n) is 15.5. The first-order valence-corrected chi connectivity index (χ1v) is 33.7.